The summed E-state index contributed by atoms with van der Waals surface area (Å²) in [7, 11) is 1.69. The highest BCUT2D eigenvalue weighted by atomic mass is 31.0. The quantitative estimate of drug-likeness (QED) is 0.284. The lowest BCUT2D eigenvalue weighted by Crippen LogP contribution is -2.50. The second-order valence-corrected chi connectivity index (χ2v) is 15.6. The Morgan fingerprint density at radius 3 is 1.18 bits per heavy atom. The molecule has 0 radical (unpaired) electrons. The minimum atomic E-state index is -1.19. The van der Waals surface area contributed by atoms with Crippen LogP contribution in [0.3, 0.4) is 0 Å². The van der Waals surface area contributed by atoms with E-state index in [0.29, 0.717) is 0 Å². The van der Waals surface area contributed by atoms with Gasteiger partial charge in [0.05, 0.1) is 0 Å². The molecule has 0 saturated heterocycles. The zero-order valence-electron chi connectivity index (χ0n) is 8.39. The van der Waals surface area contributed by atoms with E-state index in [4.69, 9.17) is 0 Å². The Morgan fingerprint density at radius 1 is 0.909 bits per heavy atom. The molecule has 0 heterocycles. The van der Waals surface area contributed by atoms with E-state index in [-0.39, 0.29) is 0 Å². The van der Waals surface area contributed by atoms with Gasteiger partial charge in [0.15, 0.2) is 21.1 Å². The molecule has 0 aliphatic carbocycles. The summed E-state index contributed by atoms with van der Waals surface area (Å²) >= 11 is 0. The van der Waals surface area contributed by atoms with Gasteiger partial charge in [0.2, 0.25) is 0 Å². The summed E-state index contributed by atoms with van der Waals surface area (Å²) in [5.41, 5.74) is 0. The van der Waals surface area contributed by atoms with E-state index in [1.54, 1.807) is 0 Å². The molecule has 0 rings (SSSR count). The van der Waals surface area contributed by atoms with Crippen LogP contribution in [0.4, 0.5) is 0 Å². The summed E-state index contributed by atoms with van der Waals surface area (Å²) in [4.78, 5) is 1.42. The second kappa shape index (κ2) is 3.36. The maximum absolute atomic E-state index is 4.17. The first-order valence-corrected chi connectivity index (χ1v) is 11.3. The highest BCUT2D eigenvalue weighted by Crippen LogP contribution is 2.12. The van der Waals surface area contributed by atoms with E-state index < -0.39 is 16.1 Å². The molecule has 0 unspecified atom stereocenters. The molecule has 0 fully saturated rings. The predicted octanol–water partition coefficient (Wildman–Crippen LogP) is 2.84. The smallest absolute Gasteiger partial charge is 0.173 e. The lowest BCUT2D eigenvalue weighted by atomic mass is 11.6. The van der Waals surface area contributed by atoms with Crippen LogP contribution in [0.1, 0.15) is 0 Å². The minimum Gasteiger partial charge on any atom is -0.330 e. The van der Waals surface area contributed by atoms with Gasteiger partial charge in [-0.1, -0.05) is 39.3 Å². The molecule has 0 aromatic rings. The molecule has 0 bridgehead atoms. The SMILES string of the molecule is C[Si](C)(C)C(=[N+]=[P-])[Si](C)(C)C. The van der Waals surface area contributed by atoms with Crippen LogP contribution in [0, 0.1) is 0 Å². The Hall–Kier alpha value is 0.314. The molecule has 0 aliphatic heterocycles. The third kappa shape index (κ3) is 3.48. The third-order valence-electron chi connectivity index (χ3n) is 1.52. The van der Waals surface area contributed by atoms with Gasteiger partial charge in [0.25, 0.3) is 0 Å². The summed E-state index contributed by atoms with van der Waals surface area (Å²) in [5, 5.41) is 0. The molecule has 1 nitrogen and oxygen atoms in total. The van der Waals surface area contributed by atoms with Gasteiger partial charge in [-0.15, -0.1) is 0 Å². The lowest BCUT2D eigenvalue weighted by Gasteiger charge is -2.20. The Morgan fingerprint density at radius 2 is 1.18 bits per heavy atom. The standard InChI is InChI=1S/C7H18NPSi2/c1-10(2,3)7(8-9)11(4,5)6/h1-6H3. The fraction of sp³-hybridized carbons (Fsp3) is 0.857. The van der Waals surface area contributed by atoms with E-state index in [1.165, 1.54) is 4.96 Å². The Bertz CT molecular complexity index is 177. The van der Waals surface area contributed by atoms with Gasteiger partial charge in [0.1, 0.15) is 0 Å². The van der Waals surface area contributed by atoms with Gasteiger partial charge in [-0.3, -0.25) is 0 Å². The van der Waals surface area contributed by atoms with Gasteiger partial charge in [-0.25, -0.2) is 0 Å². The predicted molar refractivity (Wildman–Crippen MR) is 60.8 cm³/mol. The topological polar surface area (TPSA) is 14.1 Å². The molecule has 0 N–H and O–H groups in total. The lowest BCUT2D eigenvalue weighted by molar-refractivity contribution is 1.69. The van der Waals surface area contributed by atoms with Crippen molar-refractivity contribution in [1.29, 1.82) is 0 Å². The molecule has 0 aliphatic rings. The maximum Gasteiger partial charge on any atom is 0.173 e. The first-order valence-electron chi connectivity index (χ1n) is 3.92. The highest BCUT2D eigenvalue weighted by molar-refractivity contribution is 7.32. The Labute approximate surface area is 74.3 Å². The monoisotopic (exact) mass is 203 g/mol. The van der Waals surface area contributed by atoms with Crippen LogP contribution in [0.25, 0.3) is 0 Å². The fourth-order valence-electron chi connectivity index (χ4n) is 1.43. The zero-order chi connectivity index (χ0) is 9.28. The summed E-state index contributed by atoms with van der Waals surface area (Å²) in [5.74, 6) is 0. The number of nitrogens with zero attached hydrogens (tertiary/aromatic N) is 1. The van der Waals surface area contributed by atoms with E-state index in [1.807, 2.05) is 0 Å². The van der Waals surface area contributed by atoms with Crippen molar-refractivity contribution in [2.75, 3.05) is 0 Å². The van der Waals surface area contributed by atoms with Crippen molar-refractivity contribution in [1.82, 2.24) is 4.42 Å². The van der Waals surface area contributed by atoms with Crippen LogP contribution >= 0.6 is 9.03 Å². The molecule has 0 amide bonds. The summed E-state index contributed by atoms with van der Waals surface area (Å²) in [6, 6.07) is 0. The van der Waals surface area contributed by atoms with E-state index >= 15 is 0 Å². The van der Waals surface area contributed by atoms with Crippen molar-refractivity contribution in [2.45, 2.75) is 39.3 Å². The van der Waals surface area contributed by atoms with Gasteiger partial charge in [-0.2, -0.15) is 9.03 Å². The Kier molecular flexibility index (Phi) is 3.46. The second-order valence-electron chi connectivity index (χ2n) is 4.95. The molecule has 0 spiro atoms. The number of hydrogen-bond acceptors (Lipinski definition) is 0. The normalized spacial score (nSPS) is 12.5. The summed E-state index contributed by atoms with van der Waals surface area (Å²) < 4.78 is 4.17. The minimum absolute atomic E-state index is 1.19. The largest absolute Gasteiger partial charge is 0.330 e. The first-order chi connectivity index (χ1) is 4.69. The molecule has 0 aromatic heterocycles. The van der Waals surface area contributed by atoms with Gasteiger partial charge in [-0.05, 0) is 0 Å². The average Bonchev–Trinajstić information content (AvgIpc) is 1.56. The molecule has 11 heavy (non-hydrogen) atoms. The van der Waals surface area contributed by atoms with Crippen molar-refractivity contribution in [3.05, 3.63) is 0 Å². The number of hydrogen-bond donors (Lipinski definition) is 0. The van der Waals surface area contributed by atoms with E-state index in [0.717, 1.165) is 0 Å². The van der Waals surface area contributed by atoms with Crippen molar-refractivity contribution in [3.63, 3.8) is 0 Å². The van der Waals surface area contributed by atoms with E-state index in [2.05, 4.69) is 52.7 Å². The molecule has 0 saturated carbocycles. The molecule has 64 valence electrons. The Balaban J connectivity index is 4.90. The average molecular weight is 203 g/mol. The first kappa shape index (κ1) is 11.3. The van der Waals surface area contributed by atoms with Crippen LogP contribution in [0.15, 0.2) is 0 Å². The van der Waals surface area contributed by atoms with Crippen LogP contribution in [0.2, 0.25) is 39.3 Å². The van der Waals surface area contributed by atoms with Crippen molar-refractivity contribution >= 4 is 30.1 Å². The highest BCUT2D eigenvalue weighted by Gasteiger charge is 2.39. The van der Waals surface area contributed by atoms with Gasteiger partial charge >= 0.3 is 0 Å². The third-order valence-corrected chi connectivity index (χ3v) is 9.66. The van der Waals surface area contributed by atoms with Gasteiger partial charge in [0, 0.05) is 0 Å². The van der Waals surface area contributed by atoms with E-state index in [9.17, 15) is 0 Å². The van der Waals surface area contributed by atoms with Gasteiger partial charge < -0.3 is 4.42 Å². The maximum atomic E-state index is 4.17. The van der Waals surface area contributed by atoms with Crippen LogP contribution in [-0.4, -0.2) is 21.1 Å². The van der Waals surface area contributed by atoms with Crippen molar-refractivity contribution < 1.29 is 0 Å². The van der Waals surface area contributed by atoms with Crippen molar-refractivity contribution in [3.8, 4) is 0 Å². The summed E-state index contributed by atoms with van der Waals surface area (Å²) in [6.07, 6.45) is 0. The molecular formula is C7H18NPSi2. The van der Waals surface area contributed by atoms with Crippen LogP contribution in [0.5, 0.6) is 0 Å². The van der Waals surface area contributed by atoms with Crippen LogP contribution in [-0.2, 0) is 0 Å². The fourth-order valence-corrected chi connectivity index (χ4v) is 12.8. The molecular weight excluding hydrogens is 185 g/mol. The molecule has 0 atom stereocenters. The molecule has 4 heteroatoms. The zero-order valence-corrected chi connectivity index (χ0v) is 11.3. The number of rotatable bonds is 2. The van der Waals surface area contributed by atoms with Crippen LogP contribution < -0.4 is 4.42 Å². The summed E-state index contributed by atoms with van der Waals surface area (Å²) in [6.45, 7) is 14.0. The molecule has 0 aromatic carbocycles. The van der Waals surface area contributed by atoms with Crippen molar-refractivity contribution in [2.24, 2.45) is 0 Å².